The van der Waals surface area contributed by atoms with Crippen molar-refractivity contribution in [2.45, 2.75) is 19.4 Å². The lowest BCUT2D eigenvalue weighted by Crippen LogP contribution is -2.23. The lowest BCUT2D eigenvalue weighted by atomic mass is 10.1. The summed E-state index contributed by atoms with van der Waals surface area (Å²) < 4.78 is 0. The molecule has 0 saturated heterocycles. The van der Waals surface area contributed by atoms with E-state index >= 15 is 0 Å². The monoisotopic (exact) mass is 390 g/mol. The second-order valence-electron chi connectivity index (χ2n) is 5.58. The first kappa shape index (κ1) is 17.9. The predicted octanol–water partition coefficient (Wildman–Crippen LogP) is 5.37. The van der Waals surface area contributed by atoms with Crippen molar-refractivity contribution in [3.05, 3.63) is 75.3 Å². The lowest BCUT2D eigenvalue weighted by Gasteiger charge is -2.07. The van der Waals surface area contributed by atoms with Crippen molar-refractivity contribution in [2.75, 3.05) is 0 Å². The van der Waals surface area contributed by atoms with E-state index in [9.17, 15) is 4.79 Å². The second kappa shape index (κ2) is 8.48. The molecule has 1 aromatic carbocycles. The van der Waals surface area contributed by atoms with Crippen LogP contribution in [0.3, 0.4) is 0 Å². The molecule has 2 aromatic heterocycles. The molecule has 0 aliphatic carbocycles. The molecule has 128 valence electrons. The fraction of sp³-hybridized carbons (Fsp3) is 0.158. The number of halogens is 2. The third-order valence-corrected chi connectivity index (χ3v) is 5.37. The number of hydrogen-bond acceptors (Lipinski definition) is 3. The Bertz CT molecular complexity index is 866. The van der Waals surface area contributed by atoms with Crippen LogP contribution in [0.5, 0.6) is 0 Å². The molecule has 6 heteroatoms. The van der Waals surface area contributed by atoms with Gasteiger partial charge in [0.2, 0.25) is 5.91 Å². The highest BCUT2D eigenvalue weighted by atomic mass is 35.5. The number of nitrogens with one attached hydrogen (secondary N) is 1. The number of aryl methyl sites for hydroxylation is 1. The number of amides is 1. The fourth-order valence-electron chi connectivity index (χ4n) is 2.40. The molecule has 0 aliphatic heterocycles. The van der Waals surface area contributed by atoms with Gasteiger partial charge in [-0.25, -0.2) is 0 Å². The number of hydrogen-bond donors (Lipinski definition) is 1. The Morgan fingerprint density at radius 2 is 1.96 bits per heavy atom. The summed E-state index contributed by atoms with van der Waals surface area (Å²) in [5.74, 6) is -0.00685. The maximum absolute atomic E-state index is 12.1. The molecular weight excluding hydrogens is 375 g/mol. The van der Waals surface area contributed by atoms with Gasteiger partial charge in [-0.1, -0.05) is 35.3 Å². The van der Waals surface area contributed by atoms with Crippen LogP contribution in [0.1, 0.15) is 17.5 Å². The molecule has 1 amide bonds. The van der Waals surface area contributed by atoms with Gasteiger partial charge in [0.1, 0.15) is 0 Å². The quantitative estimate of drug-likeness (QED) is 0.614. The van der Waals surface area contributed by atoms with Crippen LogP contribution in [-0.4, -0.2) is 10.9 Å². The number of aromatic nitrogens is 1. The number of carbonyl (C=O) groups is 1. The fourth-order valence-corrected chi connectivity index (χ4v) is 3.43. The van der Waals surface area contributed by atoms with Crippen molar-refractivity contribution in [3.63, 3.8) is 0 Å². The van der Waals surface area contributed by atoms with Crippen LogP contribution in [0, 0.1) is 0 Å². The Morgan fingerprint density at radius 1 is 1.08 bits per heavy atom. The Morgan fingerprint density at radius 3 is 2.72 bits per heavy atom. The third-order valence-electron chi connectivity index (χ3n) is 3.72. The second-order valence-corrected chi connectivity index (χ2v) is 7.35. The molecule has 25 heavy (non-hydrogen) atoms. The van der Waals surface area contributed by atoms with E-state index in [2.05, 4.69) is 22.4 Å². The molecule has 0 aliphatic rings. The molecule has 3 rings (SSSR count). The zero-order valence-electron chi connectivity index (χ0n) is 13.3. The van der Waals surface area contributed by atoms with E-state index in [0.29, 0.717) is 29.4 Å². The van der Waals surface area contributed by atoms with Crippen LogP contribution in [-0.2, 0) is 17.8 Å². The zero-order chi connectivity index (χ0) is 17.6. The molecule has 0 radical (unpaired) electrons. The van der Waals surface area contributed by atoms with Crippen molar-refractivity contribution < 1.29 is 4.79 Å². The standard InChI is InChI=1S/C19H16Cl2N2OS/c20-16-5-3-13(9-17(16)21)4-6-19(24)23-11-14-8-15(12-22-10-14)18-2-1-7-25-18/h1-3,5,7-10,12H,4,6,11H2,(H,23,24). The number of thiophene rings is 1. The van der Waals surface area contributed by atoms with Crippen molar-refractivity contribution in [2.24, 2.45) is 0 Å². The number of nitrogens with zero attached hydrogens (tertiary/aromatic N) is 1. The Kier molecular flexibility index (Phi) is 6.08. The van der Waals surface area contributed by atoms with Gasteiger partial charge in [-0.05, 0) is 47.2 Å². The van der Waals surface area contributed by atoms with Gasteiger partial charge in [-0.3, -0.25) is 9.78 Å². The molecule has 0 unspecified atom stereocenters. The van der Waals surface area contributed by atoms with Crippen LogP contribution < -0.4 is 5.32 Å². The molecular formula is C19H16Cl2N2OS. The molecule has 2 heterocycles. The van der Waals surface area contributed by atoms with Crippen LogP contribution in [0.4, 0.5) is 0 Å². The minimum absolute atomic E-state index is 0.00685. The molecule has 0 bridgehead atoms. The number of rotatable bonds is 6. The third kappa shape index (κ3) is 5.05. The predicted molar refractivity (Wildman–Crippen MR) is 104 cm³/mol. The van der Waals surface area contributed by atoms with E-state index in [1.807, 2.05) is 23.7 Å². The Labute approximate surface area is 160 Å². The summed E-state index contributed by atoms with van der Waals surface area (Å²) in [6.07, 6.45) is 4.63. The van der Waals surface area contributed by atoms with Gasteiger partial charge in [-0.15, -0.1) is 11.3 Å². The van der Waals surface area contributed by atoms with Gasteiger partial charge in [0.05, 0.1) is 10.0 Å². The maximum atomic E-state index is 12.1. The van der Waals surface area contributed by atoms with Crippen LogP contribution in [0.15, 0.2) is 54.2 Å². The Balaban J connectivity index is 1.52. The largest absolute Gasteiger partial charge is 0.352 e. The zero-order valence-corrected chi connectivity index (χ0v) is 15.7. The van der Waals surface area contributed by atoms with Crippen LogP contribution in [0.25, 0.3) is 10.4 Å². The summed E-state index contributed by atoms with van der Waals surface area (Å²) in [6.45, 7) is 0.465. The molecule has 3 aromatic rings. The molecule has 0 fully saturated rings. The minimum Gasteiger partial charge on any atom is -0.352 e. The van der Waals surface area contributed by atoms with Gasteiger partial charge in [0.25, 0.3) is 0 Å². The van der Waals surface area contributed by atoms with Gasteiger partial charge < -0.3 is 5.32 Å². The lowest BCUT2D eigenvalue weighted by molar-refractivity contribution is -0.121. The number of carbonyl (C=O) groups excluding carboxylic acids is 1. The van der Waals surface area contributed by atoms with Gasteiger partial charge in [0.15, 0.2) is 0 Å². The maximum Gasteiger partial charge on any atom is 0.220 e. The SMILES string of the molecule is O=C(CCc1ccc(Cl)c(Cl)c1)NCc1cncc(-c2cccs2)c1. The van der Waals surface area contributed by atoms with Gasteiger partial charge in [0, 0.05) is 35.8 Å². The van der Waals surface area contributed by atoms with E-state index in [0.717, 1.165) is 16.7 Å². The highest BCUT2D eigenvalue weighted by Crippen LogP contribution is 2.24. The average molecular weight is 391 g/mol. The van der Waals surface area contributed by atoms with Crippen molar-refractivity contribution in [1.29, 1.82) is 0 Å². The first-order valence-corrected chi connectivity index (χ1v) is 9.44. The van der Waals surface area contributed by atoms with Crippen LogP contribution in [0.2, 0.25) is 10.0 Å². The van der Waals surface area contributed by atoms with E-state index < -0.39 is 0 Å². The minimum atomic E-state index is -0.00685. The smallest absolute Gasteiger partial charge is 0.220 e. The first-order valence-electron chi connectivity index (χ1n) is 7.80. The normalized spacial score (nSPS) is 10.6. The van der Waals surface area contributed by atoms with Crippen LogP contribution >= 0.6 is 34.5 Å². The summed E-state index contributed by atoms with van der Waals surface area (Å²) >= 11 is 13.6. The number of benzene rings is 1. The average Bonchev–Trinajstić information content (AvgIpc) is 3.16. The molecule has 3 nitrogen and oxygen atoms in total. The summed E-state index contributed by atoms with van der Waals surface area (Å²) in [4.78, 5) is 17.5. The highest BCUT2D eigenvalue weighted by Gasteiger charge is 2.06. The summed E-state index contributed by atoms with van der Waals surface area (Å²) in [6, 6.07) is 11.6. The Hall–Kier alpha value is -1.88. The molecule has 0 atom stereocenters. The summed E-state index contributed by atoms with van der Waals surface area (Å²) in [7, 11) is 0. The van der Waals surface area contributed by atoms with Crippen molar-refractivity contribution >= 4 is 40.4 Å². The van der Waals surface area contributed by atoms with Gasteiger partial charge in [-0.2, -0.15) is 0 Å². The first-order chi connectivity index (χ1) is 12.1. The van der Waals surface area contributed by atoms with E-state index in [1.165, 1.54) is 4.88 Å². The molecule has 1 N–H and O–H groups in total. The van der Waals surface area contributed by atoms with Gasteiger partial charge >= 0.3 is 0 Å². The molecule has 0 spiro atoms. The number of pyridine rings is 1. The summed E-state index contributed by atoms with van der Waals surface area (Å²) in [5.41, 5.74) is 3.04. The molecule has 0 saturated carbocycles. The van der Waals surface area contributed by atoms with Crippen molar-refractivity contribution in [3.8, 4) is 10.4 Å². The topological polar surface area (TPSA) is 42.0 Å². The summed E-state index contributed by atoms with van der Waals surface area (Å²) in [5, 5.41) is 6.00. The van der Waals surface area contributed by atoms with E-state index in [4.69, 9.17) is 23.2 Å². The van der Waals surface area contributed by atoms with E-state index in [-0.39, 0.29) is 5.91 Å². The van der Waals surface area contributed by atoms with Crippen molar-refractivity contribution in [1.82, 2.24) is 10.3 Å². The van der Waals surface area contributed by atoms with E-state index in [1.54, 1.807) is 29.7 Å². The highest BCUT2D eigenvalue weighted by molar-refractivity contribution is 7.13.